The number of benzene rings is 1. The molecule has 0 aromatic heterocycles. The van der Waals surface area contributed by atoms with Gasteiger partial charge in [-0.25, -0.2) is 4.79 Å². The number of rotatable bonds is 3. The first-order valence-corrected chi connectivity index (χ1v) is 6.52. The quantitative estimate of drug-likeness (QED) is 0.849. The molecule has 1 heterocycles. The molecular weight excluding hydrogens is 260 g/mol. The van der Waals surface area contributed by atoms with Crippen LogP contribution in [0.5, 0.6) is 0 Å². The normalized spacial score (nSPS) is 16.6. The lowest BCUT2D eigenvalue weighted by molar-refractivity contribution is -0.148. The van der Waals surface area contributed by atoms with Crippen LogP contribution in [0.2, 0.25) is 0 Å². The molecule has 7 nitrogen and oxygen atoms in total. The summed E-state index contributed by atoms with van der Waals surface area (Å²) in [5.41, 5.74) is 0. The second-order valence-electron chi connectivity index (χ2n) is 3.51. The van der Waals surface area contributed by atoms with Crippen molar-refractivity contribution in [1.29, 1.82) is 0 Å². The first-order valence-electron chi connectivity index (χ1n) is 5.11. The number of nitrogens with zero attached hydrogens (tertiary/aromatic N) is 1. The number of nitrogens with one attached hydrogen (secondary N) is 1. The fraction of sp³-hybridized carbons (Fsp3) is 0.200. The summed E-state index contributed by atoms with van der Waals surface area (Å²) < 4.78 is 28.1. The van der Waals surface area contributed by atoms with Crippen LogP contribution >= 0.6 is 0 Å². The summed E-state index contributed by atoms with van der Waals surface area (Å²) in [6, 6.07) is 6.38. The molecule has 18 heavy (non-hydrogen) atoms. The Morgan fingerprint density at radius 3 is 2.44 bits per heavy atom. The molecule has 0 radical (unpaired) electrons. The van der Waals surface area contributed by atoms with Crippen molar-refractivity contribution >= 4 is 22.1 Å². The van der Waals surface area contributed by atoms with E-state index in [1.165, 1.54) is 24.3 Å². The van der Waals surface area contributed by atoms with Gasteiger partial charge < -0.3 is 5.32 Å². The van der Waals surface area contributed by atoms with Gasteiger partial charge in [-0.3, -0.25) is 4.79 Å². The maximum absolute atomic E-state index is 11.8. The van der Waals surface area contributed by atoms with Gasteiger partial charge in [-0.2, -0.15) is 8.42 Å². The highest BCUT2D eigenvalue weighted by molar-refractivity contribution is 7.86. The van der Waals surface area contributed by atoms with Gasteiger partial charge in [0.1, 0.15) is 0 Å². The minimum absolute atomic E-state index is 0.00392. The van der Waals surface area contributed by atoms with Crippen molar-refractivity contribution < 1.29 is 22.3 Å². The zero-order valence-corrected chi connectivity index (χ0v) is 10.0. The molecule has 1 aromatic carbocycles. The zero-order chi connectivity index (χ0) is 13.2. The number of hydrogen-bond donors (Lipinski definition) is 1. The van der Waals surface area contributed by atoms with E-state index >= 15 is 0 Å². The molecule has 1 aliphatic heterocycles. The summed E-state index contributed by atoms with van der Waals surface area (Å²) in [5, 5.41) is 2.54. The highest BCUT2D eigenvalue weighted by Gasteiger charge is 2.32. The van der Waals surface area contributed by atoms with E-state index < -0.39 is 22.1 Å². The van der Waals surface area contributed by atoms with Gasteiger partial charge in [0.05, 0.1) is 4.90 Å². The van der Waals surface area contributed by atoms with E-state index in [4.69, 9.17) is 0 Å². The topological polar surface area (TPSA) is 92.8 Å². The number of amides is 3. The van der Waals surface area contributed by atoms with Gasteiger partial charge >= 0.3 is 16.1 Å². The molecule has 1 saturated heterocycles. The van der Waals surface area contributed by atoms with Gasteiger partial charge in [-0.15, -0.1) is 9.35 Å². The van der Waals surface area contributed by atoms with E-state index in [9.17, 15) is 18.0 Å². The second-order valence-corrected chi connectivity index (χ2v) is 5.04. The number of carbonyl (C=O) groups excluding carboxylic acids is 2. The first-order chi connectivity index (χ1) is 8.50. The predicted molar refractivity (Wildman–Crippen MR) is 59.6 cm³/mol. The molecule has 0 unspecified atom stereocenters. The number of imide groups is 1. The first kappa shape index (κ1) is 12.5. The van der Waals surface area contributed by atoms with Crippen molar-refractivity contribution in [2.75, 3.05) is 6.54 Å². The smallest absolute Gasteiger partial charge is 0.335 e. The van der Waals surface area contributed by atoms with E-state index in [1.807, 2.05) is 0 Å². The average Bonchev–Trinajstić information content (AvgIpc) is 2.35. The molecule has 96 valence electrons. The Hall–Kier alpha value is -1.93. The molecule has 1 aliphatic rings. The Labute approximate surface area is 103 Å². The molecule has 0 aliphatic carbocycles. The largest absolute Gasteiger partial charge is 0.349 e. The lowest BCUT2D eigenvalue weighted by Crippen LogP contribution is -2.50. The zero-order valence-electron chi connectivity index (χ0n) is 9.20. The van der Waals surface area contributed by atoms with Crippen LogP contribution in [0.3, 0.4) is 0 Å². The fourth-order valence-corrected chi connectivity index (χ4v) is 2.29. The highest BCUT2D eigenvalue weighted by Crippen LogP contribution is 2.15. The standard InChI is InChI=1S/C10H10N2O5S/c13-9-6-7-11-10(14)12(9)17-18(15,16)8-4-2-1-3-5-8/h1-5H,6-7H2,(H,11,14). The Bertz CT molecular complexity index is 553. The summed E-state index contributed by atoms with van der Waals surface area (Å²) in [7, 11) is -4.18. The maximum atomic E-state index is 11.8. The molecule has 0 saturated carbocycles. The summed E-state index contributed by atoms with van der Waals surface area (Å²) >= 11 is 0. The van der Waals surface area contributed by atoms with E-state index in [1.54, 1.807) is 6.07 Å². The number of hydrogen-bond acceptors (Lipinski definition) is 5. The lowest BCUT2D eigenvalue weighted by atomic mass is 10.3. The third-order valence-corrected chi connectivity index (χ3v) is 3.43. The van der Waals surface area contributed by atoms with Crippen LogP contribution in [0, 0.1) is 0 Å². The summed E-state index contributed by atoms with van der Waals surface area (Å²) in [4.78, 5) is 22.6. The van der Waals surface area contributed by atoms with Crippen LogP contribution in [-0.2, 0) is 19.2 Å². The number of urea groups is 1. The van der Waals surface area contributed by atoms with Gasteiger partial charge in [-0.1, -0.05) is 18.2 Å². The molecule has 1 fully saturated rings. The summed E-state index contributed by atoms with van der Waals surface area (Å²) in [5.74, 6) is -0.696. The van der Waals surface area contributed by atoms with E-state index in [0.29, 0.717) is 0 Å². The van der Waals surface area contributed by atoms with Gasteiger partial charge in [0.25, 0.3) is 5.91 Å². The molecule has 0 bridgehead atoms. The highest BCUT2D eigenvalue weighted by atomic mass is 32.2. The molecule has 8 heteroatoms. The lowest BCUT2D eigenvalue weighted by Gasteiger charge is -2.23. The van der Waals surface area contributed by atoms with Crippen LogP contribution in [0.1, 0.15) is 6.42 Å². The molecule has 0 atom stereocenters. The molecular formula is C10H10N2O5S. The van der Waals surface area contributed by atoms with Crippen LogP contribution < -0.4 is 5.32 Å². The maximum Gasteiger partial charge on any atom is 0.349 e. The minimum Gasteiger partial charge on any atom is -0.335 e. The average molecular weight is 270 g/mol. The van der Waals surface area contributed by atoms with E-state index in [2.05, 4.69) is 9.60 Å². The monoisotopic (exact) mass is 270 g/mol. The van der Waals surface area contributed by atoms with Gasteiger partial charge in [0, 0.05) is 13.0 Å². The Morgan fingerprint density at radius 2 is 1.83 bits per heavy atom. The van der Waals surface area contributed by atoms with Crippen LogP contribution in [0.15, 0.2) is 35.2 Å². The molecule has 1 aromatic rings. The molecule has 0 spiro atoms. The number of hydroxylamine groups is 2. The third kappa shape index (κ3) is 2.49. The van der Waals surface area contributed by atoms with Crippen molar-refractivity contribution in [2.24, 2.45) is 0 Å². The van der Waals surface area contributed by atoms with Crippen molar-refractivity contribution in [3.05, 3.63) is 30.3 Å². The third-order valence-electron chi connectivity index (χ3n) is 2.23. The molecule has 1 N–H and O–H groups in total. The second kappa shape index (κ2) is 4.75. The van der Waals surface area contributed by atoms with Crippen molar-refractivity contribution in [1.82, 2.24) is 10.4 Å². The van der Waals surface area contributed by atoms with Gasteiger partial charge in [0.2, 0.25) is 0 Å². The molecule has 3 amide bonds. The van der Waals surface area contributed by atoms with Crippen molar-refractivity contribution in [3.8, 4) is 0 Å². The predicted octanol–water partition coefficient (Wildman–Crippen LogP) is 0.249. The van der Waals surface area contributed by atoms with Gasteiger partial charge in [-0.05, 0) is 12.1 Å². The van der Waals surface area contributed by atoms with Crippen molar-refractivity contribution in [2.45, 2.75) is 11.3 Å². The SMILES string of the molecule is O=C1CCNC(=O)N1OS(=O)(=O)c1ccccc1. The Morgan fingerprint density at radius 1 is 1.17 bits per heavy atom. The Kier molecular flexibility index (Phi) is 3.30. The Balaban J connectivity index is 2.23. The van der Waals surface area contributed by atoms with Crippen LogP contribution in [0.4, 0.5) is 4.79 Å². The van der Waals surface area contributed by atoms with Crippen molar-refractivity contribution in [3.63, 3.8) is 0 Å². The summed E-state index contributed by atoms with van der Waals surface area (Å²) in [6.07, 6.45) is -0.00392. The van der Waals surface area contributed by atoms with Gasteiger partial charge in [0.15, 0.2) is 0 Å². The minimum atomic E-state index is -4.18. The van der Waals surface area contributed by atoms with E-state index in [0.717, 1.165) is 0 Å². The fourth-order valence-electron chi connectivity index (χ4n) is 1.37. The molecule has 2 rings (SSSR count). The number of carbonyl (C=O) groups is 2. The van der Waals surface area contributed by atoms with Crippen LogP contribution in [0.25, 0.3) is 0 Å². The summed E-state index contributed by atoms with van der Waals surface area (Å²) in [6.45, 7) is 0.170. The van der Waals surface area contributed by atoms with Crippen LogP contribution in [-0.4, -0.2) is 32.0 Å². The van der Waals surface area contributed by atoms with E-state index in [-0.39, 0.29) is 22.9 Å².